The van der Waals surface area contributed by atoms with E-state index in [1.165, 1.54) is 12.8 Å². The number of hydrogen-bond acceptors (Lipinski definition) is 5. The van der Waals surface area contributed by atoms with E-state index in [-0.39, 0.29) is 17.9 Å². The van der Waals surface area contributed by atoms with Crippen molar-refractivity contribution < 1.29 is 14.3 Å². The molecule has 0 bridgehead atoms. The van der Waals surface area contributed by atoms with E-state index in [1.54, 1.807) is 18.3 Å². The number of carbonyl (C=O) groups excluding carboxylic acids is 2. The second kappa shape index (κ2) is 8.29. The largest absolute Gasteiger partial charge is 0.490 e. The Morgan fingerprint density at radius 2 is 2.00 bits per heavy atom. The number of hydrogen-bond donors (Lipinski definition) is 2. The Morgan fingerprint density at radius 1 is 1.18 bits per heavy atom. The molecule has 2 amide bonds. The van der Waals surface area contributed by atoms with Crippen LogP contribution in [-0.4, -0.2) is 42.5 Å². The molecular formula is C21H24N4O3. The molecule has 0 spiro atoms. The molecule has 0 radical (unpaired) electrons. The highest BCUT2D eigenvalue weighted by molar-refractivity contribution is 6.06. The fraction of sp³-hybridized carbons (Fsp3) is 0.381. The zero-order chi connectivity index (χ0) is 19.3. The predicted octanol–water partition coefficient (Wildman–Crippen LogP) is 2.59. The molecule has 1 aromatic carbocycles. The van der Waals surface area contributed by atoms with Crippen LogP contribution in [0.25, 0.3) is 0 Å². The summed E-state index contributed by atoms with van der Waals surface area (Å²) in [5.41, 5.74) is 1.12. The minimum absolute atomic E-state index is 0.00991. The lowest BCUT2D eigenvalue weighted by atomic mass is 10.1. The lowest BCUT2D eigenvalue weighted by Crippen LogP contribution is -2.48. The molecule has 7 nitrogen and oxygen atoms in total. The fourth-order valence-corrected chi connectivity index (χ4v) is 3.62. The molecule has 2 aromatic rings. The second-order valence-electron chi connectivity index (χ2n) is 7.15. The summed E-state index contributed by atoms with van der Waals surface area (Å²) in [6, 6.07) is 10.9. The lowest BCUT2D eigenvalue weighted by Gasteiger charge is -2.27. The smallest absolute Gasteiger partial charge is 0.259 e. The summed E-state index contributed by atoms with van der Waals surface area (Å²) in [6.07, 6.45) is 6.23. The summed E-state index contributed by atoms with van der Waals surface area (Å²) in [5.74, 6) is 1.11. The molecule has 2 aliphatic rings. The molecule has 1 aliphatic heterocycles. The molecular weight excluding hydrogens is 356 g/mol. The first-order chi connectivity index (χ1) is 13.7. The van der Waals surface area contributed by atoms with Crippen molar-refractivity contribution in [3.63, 3.8) is 0 Å². The van der Waals surface area contributed by atoms with E-state index in [4.69, 9.17) is 4.74 Å². The van der Waals surface area contributed by atoms with Crippen LogP contribution in [0.2, 0.25) is 0 Å². The van der Waals surface area contributed by atoms with Gasteiger partial charge >= 0.3 is 0 Å². The van der Waals surface area contributed by atoms with Crippen LogP contribution in [-0.2, 0) is 4.79 Å². The van der Waals surface area contributed by atoms with Gasteiger partial charge in [-0.15, -0.1) is 0 Å². The number of ether oxygens (including phenoxy) is 1. The van der Waals surface area contributed by atoms with Crippen LogP contribution in [0.15, 0.2) is 42.6 Å². The van der Waals surface area contributed by atoms with Gasteiger partial charge in [-0.1, -0.05) is 12.1 Å². The number of benzene rings is 1. The van der Waals surface area contributed by atoms with Crippen molar-refractivity contribution >= 4 is 23.3 Å². The summed E-state index contributed by atoms with van der Waals surface area (Å²) in [7, 11) is 0. The van der Waals surface area contributed by atoms with Crippen LogP contribution in [0.3, 0.4) is 0 Å². The molecule has 0 atom stereocenters. The minimum Gasteiger partial charge on any atom is -0.490 e. The first-order valence-electron chi connectivity index (χ1n) is 9.74. The number of nitrogens with one attached hydrogen (secondary N) is 2. The molecule has 2 heterocycles. The predicted molar refractivity (Wildman–Crippen MR) is 107 cm³/mol. The number of anilines is 2. The Bertz CT molecular complexity index is 847. The monoisotopic (exact) mass is 380 g/mol. The number of aromatic nitrogens is 1. The third kappa shape index (κ3) is 4.24. The van der Waals surface area contributed by atoms with E-state index in [0.717, 1.165) is 25.2 Å². The summed E-state index contributed by atoms with van der Waals surface area (Å²) in [4.78, 5) is 30.6. The first kappa shape index (κ1) is 18.3. The molecule has 1 aromatic heterocycles. The summed E-state index contributed by atoms with van der Waals surface area (Å²) in [6.45, 7) is 1.62. The number of piperazine rings is 1. The summed E-state index contributed by atoms with van der Waals surface area (Å²) in [5, 5.41) is 5.67. The maximum Gasteiger partial charge on any atom is 0.259 e. The van der Waals surface area contributed by atoms with Crippen molar-refractivity contribution in [2.24, 2.45) is 0 Å². The molecule has 7 heteroatoms. The fourth-order valence-electron chi connectivity index (χ4n) is 3.62. The van der Waals surface area contributed by atoms with Gasteiger partial charge in [0.25, 0.3) is 5.91 Å². The van der Waals surface area contributed by atoms with Crippen molar-refractivity contribution in [2.75, 3.05) is 29.9 Å². The Balaban J connectivity index is 1.43. The third-order valence-electron chi connectivity index (χ3n) is 5.10. The Kier molecular flexibility index (Phi) is 5.41. The summed E-state index contributed by atoms with van der Waals surface area (Å²) >= 11 is 0. The molecule has 1 saturated heterocycles. The van der Waals surface area contributed by atoms with E-state index in [2.05, 4.69) is 15.6 Å². The highest BCUT2D eigenvalue weighted by Crippen LogP contribution is 2.27. The molecule has 28 heavy (non-hydrogen) atoms. The molecule has 1 aliphatic carbocycles. The van der Waals surface area contributed by atoms with E-state index >= 15 is 0 Å². The van der Waals surface area contributed by atoms with Crippen LogP contribution in [0.4, 0.5) is 11.5 Å². The number of pyridine rings is 1. The zero-order valence-corrected chi connectivity index (χ0v) is 15.7. The second-order valence-corrected chi connectivity index (χ2v) is 7.15. The zero-order valence-electron chi connectivity index (χ0n) is 15.7. The van der Waals surface area contributed by atoms with E-state index in [1.807, 2.05) is 29.2 Å². The van der Waals surface area contributed by atoms with Gasteiger partial charge in [0.05, 0.1) is 30.1 Å². The maximum absolute atomic E-state index is 12.8. The van der Waals surface area contributed by atoms with Crippen molar-refractivity contribution in [1.82, 2.24) is 10.3 Å². The molecule has 2 N–H and O–H groups in total. The Morgan fingerprint density at radius 3 is 2.75 bits per heavy atom. The Hall–Kier alpha value is -3.09. The van der Waals surface area contributed by atoms with Gasteiger partial charge in [0.1, 0.15) is 11.6 Å². The van der Waals surface area contributed by atoms with Gasteiger partial charge in [-0.25, -0.2) is 4.98 Å². The van der Waals surface area contributed by atoms with Crippen LogP contribution in [0, 0.1) is 0 Å². The molecule has 2 fully saturated rings. The topological polar surface area (TPSA) is 83.6 Å². The minimum atomic E-state index is -0.222. The van der Waals surface area contributed by atoms with E-state index in [9.17, 15) is 9.59 Å². The van der Waals surface area contributed by atoms with E-state index in [0.29, 0.717) is 30.1 Å². The van der Waals surface area contributed by atoms with Gasteiger partial charge in [0.15, 0.2) is 0 Å². The van der Waals surface area contributed by atoms with E-state index < -0.39 is 0 Å². The first-order valence-corrected chi connectivity index (χ1v) is 9.74. The Labute approximate surface area is 164 Å². The molecule has 1 saturated carbocycles. The van der Waals surface area contributed by atoms with Crippen LogP contribution in [0.5, 0.6) is 5.75 Å². The number of rotatable bonds is 5. The lowest BCUT2D eigenvalue weighted by molar-refractivity contribution is -0.120. The summed E-state index contributed by atoms with van der Waals surface area (Å²) < 4.78 is 6.05. The van der Waals surface area contributed by atoms with Crippen molar-refractivity contribution in [3.8, 4) is 5.75 Å². The van der Waals surface area contributed by atoms with Gasteiger partial charge in [-0.05, 0) is 49.9 Å². The molecule has 146 valence electrons. The van der Waals surface area contributed by atoms with Crippen molar-refractivity contribution in [1.29, 1.82) is 0 Å². The number of amides is 2. The SMILES string of the molecule is O=C1CN(c2ccc(NC(=O)c3ccccc3OC3CCCC3)cn2)CCN1. The normalized spacial score (nSPS) is 17.3. The average molecular weight is 380 g/mol. The van der Waals surface area contributed by atoms with Gasteiger partial charge < -0.3 is 20.3 Å². The van der Waals surface area contributed by atoms with Crippen molar-refractivity contribution in [2.45, 2.75) is 31.8 Å². The van der Waals surface area contributed by atoms with Crippen LogP contribution in [0.1, 0.15) is 36.0 Å². The number of para-hydroxylation sites is 1. The van der Waals surface area contributed by atoms with Crippen LogP contribution < -0.4 is 20.3 Å². The number of nitrogens with zero attached hydrogens (tertiary/aromatic N) is 2. The number of carbonyl (C=O) groups is 2. The van der Waals surface area contributed by atoms with Gasteiger partial charge in [-0.2, -0.15) is 0 Å². The maximum atomic E-state index is 12.8. The molecule has 0 unspecified atom stereocenters. The highest BCUT2D eigenvalue weighted by Gasteiger charge is 2.20. The van der Waals surface area contributed by atoms with Gasteiger partial charge in [-0.3, -0.25) is 9.59 Å². The third-order valence-corrected chi connectivity index (χ3v) is 5.10. The average Bonchev–Trinajstić information content (AvgIpc) is 3.22. The molecule has 4 rings (SSSR count). The van der Waals surface area contributed by atoms with Gasteiger partial charge in [0, 0.05) is 13.1 Å². The highest BCUT2D eigenvalue weighted by atomic mass is 16.5. The van der Waals surface area contributed by atoms with Crippen LogP contribution >= 0.6 is 0 Å². The van der Waals surface area contributed by atoms with Crippen molar-refractivity contribution in [3.05, 3.63) is 48.2 Å². The standard InChI is InChI=1S/C21H24N4O3/c26-20-14-25(12-11-22-20)19-10-9-15(13-23-19)24-21(27)17-7-3-4-8-18(17)28-16-5-1-2-6-16/h3-4,7-10,13,16H,1-2,5-6,11-12,14H2,(H,22,26)(H,24,27). The van der Waals surface area contributed by atoms with Gasteiger partial charge in [0.2, 0.25) is 5.91 Å². The quantitative estimate of drug-likeness (QED) is 0.833.